The van der Waals surface area contributed by atoms with Crippen molar-refractivity contribution in [2.75, 3.05) is 0 Å². The lowest BCUT2D eigenvalue weighted by molar-refractivity contribution is 0.982. The van der Waals surface area contributed by atoms with Crippen LogP contribution in [0.2, 0.25) is 0 Å². The van der Waals surface area contributed by atoms with Gasteiger partial charge in [-0.3, -0.25) is 9.98 Å². The molecule has 1 aliphatic heterocycles. The van der Waals surface area contributed by atoms with Crippen molar-refractivity contribution >= 4 is 34.0 Å². The number of imidazole rings is 1. The van der Waals surface area contributed by atoms with E-state index in [1.165, 1.54) is 11.1 Å². The SMILES string of the molecule is Brc1ccc2c(c1)C(C=Nc1ccc(-n3ccnc3)cc1)C=NC2. The molecule has 118 valence electrons. The Morgan fingerprint density at radius 1 is 1.17 bits per heavy atom. The standard InChI is InChI=1S/C19H15BrN4/c20-16-2-1-14-10-22-11-15(19(14)9-16)12-23-17-3-5-18(6-4-17)24-8-7-21-13-24/h1-9,11-13,15H,10H2. The monoisotopic (exact) mass is 378 g/mol. The van der Waals surface area contributed by atoms with Gasteiger partial charge in [-0.05, 0) is 47.5 Å². The number of fused-ring (bicyclic) bond motifs is 1. The van der Waals surface area contributed by atoms with Gasteiger partial charge in [-0.1, -0.05) is 22.0 Å². The molecule has 2 aromatic carbocycles. The van der Waals surface area contributed by atoms with Crippen LogP contribution in [0.4, 0.5) is 5.69 Å². The Morgan fingerprint density at radius 2 is 2.04 bits per heavy atom. The van der Waals surface area contributed by atoms with Crippen LogP contribution in [0.3, 0.4) is 0 Å². The second-order valence-corrected chi connectivity index (χ2v) is 6.54. The second kappa shape index (κ2) is 6.53. The first-order valence-electron chi connectivity index (χ1n) is 7.70. The molecule has 1 aliphatic rings. The Kier molecular flexibility index (Phi) is 4.09. The first-order valence-corrected chi connectivity index (χ1v) is 8.50. The number of hydrogen-bond donors (Lipinski definition) is 0. The van der Waals surface area contributed by atoms with E-state index in [0.29, 0.717) is 0 Å². The maximum absolute atomic E-state index is 4.62. The van der Waals surface area contributed by atoms with Crippen molar-refractivity contribution in [2.24, 2.45) is 9.98 Å². The molecule has 0 fully saturated rings. The van der Waals surface area contributed by atoms with Crippen molar-refractivity contribution in [1.29, 1.82) is 0 Å². The molecule has 0 bridgehead atoms. The van der Waals surface area contributed by atoms with Gasteiger partial charge in [-0.25, -0.2) is 4.98 Å². The van der Waals surface area contributed by atoms with Crippen LogP contribution >= 0.6 is 15.9 Å². The van der Waals surface area contributed by atoms with Crippen LogP contribution in [-0.4, -0.2) is 22.0 Å². The Balaban J connectivity index is 1.56. The Hall–Kier alpha value is -2.53. The average molecular weight is 379 g/mol. The van der Waals surface area contributed by atoms with Gasteiger partial charge in [-0.2, -0.15) is 0 Å². The fourth-order valence-electron chi connectivity index (χ4n) is 2.77. The topological polar surface area (TPSA) is 42.5 Å². The van der Waals surface area contributed by atoms with Gasteiger partial charge in [0, 0.05) is 35.0 Å². The maximum atomic E-state index is 4.62. The number of rotatable bonds is 3. The molecule has 5 heteroatoms. The van der Waals surface area contributed by atoms with Crippen LogP contribution in [-0.2, 0) is 6.54 Å². The van der Waals surface area contributed by atoms with E-state index in [-0.39, 0.29) is 5.92 Å². The van der Waals surface area contributed by atoms with Gasteiger partial charge in [0.25, 0.3) is 0 Å². The van der Waals surface area contributed by atoms with Crippen LogP contribution in [0.5, 0.6) is 0 Å². The van der Waals surface area contributed by atoms with E-state index in [4.69, 9.17) is 0 Å². The fraction of sp³-hybridized carbons (Fsp3) is 0.105. The van der Waals surface area contributed by atoms with E-state index in [9.17, 15) is 0 Å². The molecule has 0 N–H and O–H groups in total. The summed E-state index contributed by atoms with van der Waals surface area (Å²) in [6.45, 7) is 0.743. The molecule has 0 amide bonds. The number of hydrogen-bond acceptors (Lipinski definition) is 3. The van der Waals surface area contributed by atoms with Gasteiger partial charge in [0.2, 0.25) is 0 Å². The molecule has 0 spiro atoms. The van der Waals surface area contributed by atoms with Crippen LogP contribution in [0.25, 0.3) is 5.69 Å². The zero-order valence-electron chi connectivity index (χ0n) is 12.9. The molecule has 4 rings (SSSR count). The minimum atomic E-state index is 0.111. The lowest BCUT2D eigenvalue weighted by Crippen LogP contribution is -2.10. The highest BCUT2D eigenvalue weighted by atomic mass is 79.9. The molecule has 0 radical (unpaired) electrons. The highest BCUT2D eigenvalue weighted by Crippen LogP contribution is 2.27. The lowest BCUT2D eigenvalue weighted by Gasteiger charge is -2.17. The van der Waals surface area contributed by atoms with Gasteiger partial charge >= 0.3 is 0 Å². The van der Waals surface area contributed by atoms with E-state index in [1.54, 1.807) is 12.5 Å². The van der Waals surface area contributed by atoms with Crippen molar-refractivity contribution in [3.63, 3.8) is 0 Å². The number of benzene rings is 2. The third kappa shape index (κ3) is 3.08. The molecule has 2 heterocycles. The molecule has 0 saturated heterocycles. The molecule has 24 heavy (non-hydrogen) atoms. The van der Waals surface area contributed by atoms with Gasteiger partial charge in [0.05, 0.1) is 24.5 Å². The van der Waals surface area contributed by atoms with E-state index < -0.39 is 0 Å². The highest BCUT2D eigenvalue weighted by molar-refractivity contribution is 9.10. The fourth-order valence-corrected chi connectivity index (χ4v) is 3.15. The van der Waals surface area contributed by atoms with E-state index in [2.05, 4.69) is 49.1 Å². The zero-order valence-corrected chi connectivity index (χ0v) is 14.5. The summed E-state index contributed by atoms with van der Waals surface area (Å²) < 4.78 is 3.05. The number of aromatic nitrogens is 2. The van der Waals surface area contributed by atoms with Crippen molar-refractivity contribution < 1.29 is 0 Å². The smallest absolute Gasteiger partial charge is 0.0991 e. The van der Waals surface area contributed by atoms with Crippen LogP contribution in [0, 0.1) is 0 Å². The van der Waals surface area contributed by atoms with Crippen LogP contribution < -0.4 is 0 Å². The molecule has 1 aromatic heterocycles. The summed E-state index contributed by atoms with van der Waals surface area (Å²) in [5, 5.41) is 0. The first-order chi connectivity index (χ1) is 11.8. The molecule has 0 saturated carbocycles. The van der Waals surface area contributed by atoms with Crippen molar-refractivity contribution in [3.8, 4) is 5.69 Å². The second-order valence-electron chi connectivity index (χ2n) is 5.62. The molecular weight excluding hydrogens is 364 g/mol. The zero-order chi connectivity index (χ0) is 16.4. The number of nitrogens with zero attached hydrogens (tertiary/aromatic N) is 4. The highest BCUT2D eigenvalue weighted by Gasteiger charge is 2.15. The predicted octanol–water partition coefficient (Wildman–Crippen LogP) is 4.71. The van der Waals surface area contributed by atoms with E-state index in [0.717, 1.165) is 22.4 Å². The molecule has 1 unspecified atom stereocenters. The molecular formula is C19H15BrN4. The third-order valence-corrected chi connectivity index (χ3v) is 4.52. The summed E-state index contributed by atoms with van der Waals surface area (Å²) in [4.78, 5) is 13.1. The van der Waals surface area contributed by atoms with Crippen molar-refractivity contribution in [3.05, 3.63) is 76.8 Å². The number of halogens is 1. The van der Waals surface area contributed by atoms with Crippen LogP contribution in [0.1, 0.15) is 17.0 Å². The van der Waals surface area contributed by atoms with Gasteiger partial charge in [-0.15, -0.1) is 0 Å². The minimum Gasteiger partial charge on any atom is -0.306 e. The molecule has 4 nitrogen and oxygen atoms in total. The summed E-state index contributed by atoms with van der Waals surface area (Å²) in [6, 6.07) is 14.4. The average Bonchev–Trinajstić information content (AvgIpc) is 3.15. The summed E-state index contributed by atoms with van der Waals surface area (Å²) in [5.74, 6) is 0.111. The minimum absolute atomic E-state index is 0.111. The Bertz CT molecular complexity index is 896. The summed E-state index contributed by atoms with van der Waals surface area (Å²) in [7, 11) is 0. The summed E-state index contributed by atoms with van der Waals surface area (Å²) >= 11 is 3.54. The van der Waals surface area contributed by atoms with E-state index in [1.807, 2.05) is 47.5 Å². The third-order valence-electron chi connectivity index (χ3n) is 4.03. The predicted molar refractivity (Wildman–Crippen MR) is 101 cm³/mol. The molecule has 3 aromatic rings. The van der Waals surface area contributed by atoms with Gasteiger partial charge < -0.3 is 4.57 Å². The Morgan fingerprint density at radius 3 is 2.83 bits per heavy atom. The molecule has 0 aliphatic carbocycles. The van der Waals surface area contributed by atoms with Gasteiger partial charge in [0.1, 0.15) is 0 Å². The maximum Gasteiger partial charge on any atom is 0.0991 e. The first kappa shape index (κ1) is 15.0. The summed E-state index contributed by atoms with van der Waals surface area (Å²) in [5.41, 5.74) is 4.51. The van der Waals surface area contributed by atoms with Gasteiger partial charge in [0.15, 0.2) is 0 Å². The van der Waals surface area contributed by atoms with Crippen LogP contribution in [0.15, 0.2) is 75.6 Å². The Labute approximate surface area is 148 Å². The lowest BCUT2D eigenvalue weighted by atomic mass is 9.94. The van der Waals surface area contributed by atoms with Crippen molar-refractivity contribution in [2.45, 2.75) is 12.5 Å². The largest absolute Gasteiger partial charge is 0.306 e. The van der Waals surface area contributed by atoms with Crippen molar-refractivity contribution in [1.82, 2.24) is 9.55 Å². The number of aliphatic imine (C=N–C) groups is 2. The quantitative estimate of drug-likeness (QED) is 0.608. The molecule has 1 atom stereocenters. The summed E-state index contributed by atoms with van der Waals surface area (Å²) in [6.07, 6.45) is 9.40. The normalized spacial score (nSPS) is 16.5. The van der Waals surface area contributed by atoms with E-state index >= 15 is 0 Å².